The number of benzene rings is 1. The van der Waals surface area contributed by atoms with Crippen LogP contribution in [0.2, 0.25) is 0 Å². The number of rotatable bonds is 5. The highest BCUT2D eigenvalue weighted by atomic mass is 19.1. The normalized spacial score (nSPS) is 16.7. The fourth-order valence-corrected chi connectivity index (χ4v) is 4.92. The minimum atomic E-state index is -1.06. The highest BCUT2D eigenvalue weighted by Gasteiger charge is 2.38. The molecule has 35 heavy (non-hydrogen) atoms. The van der Waals surface area contributed by atoms with E-state index < -0.39 is 11.4 Å². The molecule has 1 aliphatic heterocycles. The summed E-state index contributed by atoms with van der Waals surface area (Å²) < 4.78 is 18.0. The van der Waals surface area contributed by atoms with Crippen LogP contribution in [0.15, 0.2) is 41.5 Å². The summed E-state index contributed by atoms with van der Waals surface area (Å²) in [6.45, 7) is 3.89. The quantitative estimate of drug-likeness (QED) is 0.407. The summed E-state index contributed by atoms with van der Waals surface area (Å²) in [6, 6.07) is 7.66. The first-order valence-electron chi connectivity index (χ1n) is 11.9. The van der Waals surface area contributed by atoms with Crippen molar-refractivity contribution < 1.29 is 9.50 Å². The van der Waals surface area contributed by atoms with Crippen LogP contribution in [0.4, 0.5) is 16.0 Å². The maximum Gasteiger partial charge on any atom is 0.278 e. The van der Waals surface area contributed by atoms with Crippen LogP contribution in [-0.4, -0.2) is 36.0 Å². The fraction of sp³-hybridized carbons (Fsp3) is 0.360. The Morgan fingerprint density at radius 3 is 2.83 bits per heavy atom. The molecule has 1 aliphatic carbocycles. The summed E-state index contributed by atoms with van der Waals surface area (Å²) in [6.07, 6.45) is 5.59. The second-order valence-corrected chi connectivity index (χ2v) is 9.20. The maximum atomic E-state index is 15.1. The molecule has 3 N–H and O–H groups in total. The monoisotopic (exact) mass is 475 g/mol. The molecular formula is C25H26FN7O2. The highest BCUT2D eigenvalue weighted by Crippen LogP contribution is 2.40. The van der Waals surface area contributed by atoms with Crippen LogP contribution in [0.5, 0.6) is 0 Å². The van der Waals surface area contributed by atoms with Gasteiger partial charge in [0.15, 0.2) is 11.5 Å². The Kier molecular flexibility index (Phi) is 5.15. The lowest BCUT2D eigenvalue weighted by atomic mass is 9.77. The minimum Gasteiger partial charge on any atom is -0.384 e. The van der Waals surface area contributed by atoms with E-state index in [1.54, 1.807) is 0 Å². The molecule has 9 nitrogen and oxygen atoms in total. The maximum absolute atomic E-state index is 15.1. The molecule has 4 aromatic rings. The van der Waals surface area contributed by atoms with Crippen LogP contribution in [0, 0.1) is 5.82 Å². The van der Waals surface area contributed by atoms with Crippen molar-refractivity contribution in [2.24, 2.45) is 0 Å². The molecule has 6 rings (SSSR count). The molecule has 0 unspecified atom stereocenters. The number of nitrogens with one attached hydrogen (secondary N) is 2. The number of anilines is 2. The molecule has 0 spiro atoms. The van der Waals surface area contributed by atoms with E-state index in [-0.39, 0.29) is 22.3 Å². The third-order valence-electron chi connectivity index (χ3n) is 7.04. The lowest BCUT2D eigenvalue weighted by Crippen LogP contribution is -2.35. The van der Waals surface area contributed by atoms with E-state index in [9.17, 15) is 9.90 Å². The Balaban J connectivity index is 1.46. The van der Waals surface area contributed by atoms with Gasteiger partial charge in [-0.25, -0.2) is 18.7 Å². The Hall–Kier alpha value is -3.63. The molecular weight excluding hydrogens is 449 g/mol. The summed E-state index contributed by atoms with van der Waals surface area (Å²) in [4.78, 5) is 26.2. The van der Waals surface area contributed by atoms with Crippen LogP contribution < -0.4 is 16.2 Å². The molecule has 0 bridgehead atoms. The number of hydrogen-bond donors (Lipinski definition) is 3. The topological polar surface area (TPSA) is 110 Å². The van der Waals surface area contributed by atoms with Crippen LogP contribution in [0.3, 0.4) is 0 Å². The number of pyridine rings is 1. The average Bonchev–Trinajstić information content (AvgIpc) is 3.13. The zero-order valence-electron chi connectivity index (χ0n) is 19.4. The van der Waals surface area contributed by atoms with E-state index in [4.69, 9.17) is 0 Å². The molecule has 1 saturated carbocycles. The number of hydrogen-bond acceptors (Lipinski definition) is 7. The van der Waals surface area contributed by atoms with Gasteiger partial charge >= 0.3 is 0 Å². The predicted octanol–water partition coefficient (Wildman–Crippen LogP) is 2.90. The van der Waals surface area contributed by atoms with Crippen molar-refractivity contribution in [1.82, 2.24) is 29.6 Å². The summed E-state index contributed by atoms with van der Waals surface area (Å²) in [5.41, 5.74) is 2.79. The Morgan fingerprint density at radius 2 is 2.06 bits per heavy atom. The molecule has 3 aromatic heterocycles. The first kappa shape index (κ1) is 21.9. The summed E-state index contributed by atoms with van der Waals surface area (Å²) in [5, 5.41) is 17.6. The van der Waals surface area contributed by atoms with E-state index in [1.807, 2.05) is 13.0 Å². The van der Waals surface area contributed by atoms with Gasteiger partial charge < -0.3 is 15.7 Å². The largest absolute Gasteiger partial charge is 0.384 e. The minimum absolute atomic E-state index is 0.119. The van der Waals surface area contributed by atoms with Gasteiger partial charge in [-0.3, -0.25) is 9.78 Å². The molecule has 180 valence electrons. The highest BCUT2D eigenvalue weighted by molar-refractivity contribution is 5.77. The van der Waals surface area contributed by atoms with Crippen LogP contribution in [0.1, 0.15) is 43.0 Å². The SMILES string of the molecule is CCn1c(=O)c2cnc(Nc3ccc4c(c3)CNCC4)nc2n1-c1cc(C2(O)CCC2)ncc1F. The molecule has 0 radical (unpaired) electrons. The summed E-state index contributed by atoms with van der Waals surface area (Å²) in [7, 11) is 0. The zero-order valence-corrected chi connectivity index (χ0v) is 19.4. The van der Waals surface area contributed by atoms with Gasteiger partial charge in [0.05, 0.1) is 11.9 Å². The zero-order chi connectivity index (χ0) is 24.2. The van der Waals surface area contributed by atoms with Gasteiger partial charge in [-0.15, -0.1) is 0 Å². The number of aliphatic hydroxyl groups is 1. The molecule has 1 fully saturated rings. The van der Waals surface area contributed by atoms with Crippen molar-refractivity contribution in [2.75, 3.05) is 11.9 Å². The van der Waals surface area contributed by atoms with Gasteiger partial charge in [0.1, 0.15) is 16.7 Å². The van der Waals surface area contributed by atoms with Crippen molar-refractivity contribution in [3.8, 4) is 5.69 Å². The summed E-state index contributed by atoms with van der Waals surface area (Å²) >= 11 is 0. The van der Waals surface area contributed by atoms with Crippen molar-refractivity contribution in [3.05, 3.63) is 69.7 Å². The van der Waals surface area contributed by atoms with Crippen LogP contribution >= 0.6 is 0 Å². The number of nitrogens with zero attached hydrogens (tertiary/aromatic N) is 5. The molecule has 0 atom stereocenters. The third kappa shape index (κ3) is 3.60. The van der Waals surface area contributed by atoms with Gasteiger partial charge in [0.2, 0.25) is 5.95 Å². The van der Waals surface area contributed by atoms with E-state index in [2.05, 4.69) is 37.7 Å². The Morgan fingerprint density at radius 1 is 1.20 bits per heavy atom. The van der Waals surface area contributed by atoms with E-state index in [0.29, 0.717) is 31.0 Å². The van der Waals surface area contributed by atoms with E-state index >= 15 is 4.39 Å². The number of fused-ring (bicyclic) bond motifs is 2. The molecule has 10 heteroatoms. The second-order valence-electron chi connectivity index (χ2n) is 9.20. The van der Waals surface area contributed by atoms with E-state index in [1.165, 1.54) is 32.8 Å². The number of aromatic nitrogens is 5. The lowest BCUT2D eigenvalue weighted by molar-refractivity contribution is -0.0427. The van der Waals surface area contributed by atoms with Crippen molar-refractivity contribution in [2.45, 2.75) is 51.3 Å². The van der Waals surface area contributed by atoms with Crippen LogP contribution in [-0.2, 0) is 25.1 Å². The van der Waals surface area contributed by atoms with Crippen molar-refractivity contribution >= 4 is 22.7 Å². The smallest absolute Gasteiger partial charge is 0.278 e. The Labute approximate surface area is 200 Å². The first-order chi connectivity index (χ1) is 17.0. The third-order valence-corrected chi connectivity index (χ3v) is 7.04. The molecule has 2 aliphatic rings. The van der Waals surface area contributed by atoms with Crippen molar-refractivity contribution in [3.63, 3.8) is 0 Å². The van der Waals surface area contributed by atoms with E-state index in [0.717, 1.165) is 37.8 Å². The van der Waals surface area contributed by atoms with Gasteiger partial charge in [0.25, 0.3) is 5.56 Å². The van der Waals surface area contributed by atoms with Gasteiger partial charge in [-0.2, -0.15) is 4.98 Å². The average molecular weight is 476 g/mol. The van der Waals surface area contributed by atoms with Crippen molar-refractivity contribution in [1.29, 1.82) is 0 Å². The first-order valence-corrected chi connectivity index (χ1v) is 11.9. The Bertz CT molecular complexity index is 1510. The molecule has 0 saturated heterocycles. The molecule has 1 aromatic carbocycles. The predicted molar refractivity (Wildman–Crippen MR) is 129 cm³/mol. The fourth-order valence-electron chi connectivity index (χ4n) is 4.92. The van der Waals surface area contributed by atoms with Gasteiger partial charge in [-0.05, 0) is 68.5 Å². The summed E-state index contributed by atoms with van der Waals surface area (Å²) in [5.74, 6) is -0.304. The molecule has 0 amide bonds. The van der Waals surface area contributed by atoms with Crippen LogP contribution in [0.25, 0.3) is 16.7 Å². The van der Waals surface area contributed by atoms with Gasteiger partial charge in [0, 0.05) is 25.0 Å². The second kappa shape index (κ2) is 8.24. The lowest BCUT2D eigenvalue weighted by Gasteiger charge is -2.36. The number of halogens is 1. The molecule has 4 heterocycles. The van der Waals surface area contributed by atoms with Gasteiger partial charge in [-0.1, -0.05) is 6.07 Å². The standard InChI is InChI=1S/C25H26FN7O2/c1-2-32-23(34)18-13-29-24(30-17-5-4-15-6-9-27-12-16(15)10-17)31-22(18)33(32)20-11-21(28-14-19(20)26)25(35)7-3-8-25/h4-5,10-11,13-14,27,35H,2-3,6-9,12H2,1H3,(H,29,30,31).